The fourth-order valence-corrected chi connectivity index (χ4v) is 14.9. The third-order valence-corrected chi connectivity index (χ3v) is 17.6. The van der Waals surface area contributed by atoms with Crippen molar-refractivity contribution in [1.82, 2.24) is 0 Å². The molecule has 60 heavy (non-hydrogen) atoms. The quantitative estimate of drug-likeness (QED) is 0.149. The zero-order valence-electron chi connectivity index (χ0n) is 33.7. The molecular formula is C57H43NOSi. The Hall–Kier alpha value is -7.20. The average molecular weight is 786 g/mol. The number of hydrogen-bond donors (Lipinski definition) is 0. The molecule has 0 unspecified atom stereocenters. The average Bonchev–Trinajstić information content (AvgIpc) is 3.55. The van der Waals surface area contributed by atoms with Crippen molar-refractivity contribution in [2.75, 3.05) is 4.90 Å². The Kier molecular flexibility index (Phi) is 8.54. The maximum atomic E-state index is 7.20. The van der Waals surface area contributed by atoms with E-state index in [2.05, 4.69) is 243 Å². The van der Waals surface area contributed by atoms with Crippen LogP contribution >= 0.6 is 0 Å². The van der Waals surface area contributed by atoms with Crippen LogP contribution in [-0.4, -0.2) is 8.07 Å². The Morgan fingerprint density at radius 1 is 0.400 bits per heavy atom. The normalized spacial score (nSPS) is 13.9. The number of rotatable bonds is 7. The second-order valence-corrected chi connectivity index (χ2v) is 20.2. The van der Waals surface area contributed by atoms with Gasteiger partial charge in [-0.25, -0.2) is 0 Å². The van der Waals surface area contributed by atoms with Crippen LogP contribution in [0.25, 0.3) is 33.4 Å². The summed E-state index contributed by atoms with van der Waals surface area (Å²) in [7, 11) is -2.80. The van der Waals surface area contributed by atoms with E-state index in [1.807, 2.05) is 0 Å². The van der Waals surface area contributed by atoms with Gasteiger partial charge in [0.05, 0.1) is 0 Å². The lowest BCUT2D eigenvalue weighted by atomic mass is 9.82. The maximum absolute atomic E-state index is 7.20. The number of fused-ring (bicyclic) bond motifs is 6. The van der Waals surface area contributed by atoms with Crippen LogP contribution in [0.2, 0.25) is 0 Å². The second kappa shape index (κ2) is 14.3. The highest BCUT2D eigenvalue weighted by Gasteiger charge is 2.50. The molecule has 1 aliphatic carbocycles. The van der Waals surface area contributed by atoms with Gasteiger partial charge in [0.25, 0.3) is 0 Å². The Morgan fingerprint density at radius 2 is 0.867 bits per heavy atom. The van der Waals surface area contributed by atoms with E-state index < -0.39 is 8.07 Å². The number of anilines is 3. The van der Waals surface area contributed by atoms with Gasteiger partial charge in [-0.3, -0.25) is 0 Å². The third kappa shape index (κ3) is 5.61. The zero-order valence-corrected chi connectivity index (χ0v) is 34.7. The predicted octanol–water partition coefficient (Wildman–Crippen LogP) is 12.3. The third-order valence-electron chi connectivity index (χ3n) is 12.8. The molecule has 11 rings (SSSR count). The van der Waals surface area contributed by atoms with Crippen LogP contribution in [0.3, 0.4) is 0 Å². The van der Waals surface area contributed by atoms with Crippen LogP contribution in [0.15, 0.2) is 224 Å². The lowest BCUT2D eigenvalue weighted by Gasteiger charge is -2.40. The molecule has 1 heterocycles. The van der Waals surface area contributed by atoms with E-state index in [4.69, 9.17) is 4.74 Å². The first-order chi connectivity index (χ1) is 29.5. The molecule has 0 N–H and O–H groups in total. The van der Waals surface area contributed by atoms with Crippen molar-refractivity contribution in [2.24, 2.45) is 0 Å². The molecule has 1 aliphatic heterocycles. The Bertz CT molecular complexity index is 2880. The molecule has 0 atom stereocenters. The van der Waals surface area contributed by atoms with Gasteiger partial charge in [0.15, 0.2) is 8.07 Å². The van der Waals surface area contributed by atoms with Gasteiger partial charge < -0.3 is 9.64 Å². The summed E-state index contributed by atoms with van der Waals surface area (Å²) in [4.78, 5) is 2.40. The van der Waals surface area contributed by atoms with Gasteiger partial charge in [-0.15, -0.1) is 0 Å². The minimum absolute atomic E-state index is 0.278. The lowest BCUT2D eigenvalue weighted by Crippen LogP contribution is -2.76. The largest absolute Gasteiger partial charge is 0.457 e. The molecule has 2 aliphatic rings. The molecule has 0 saturated heterocycles. The fraction of sp³-hybridized carbons (Fsp3) is 0.0526. The van der Waals surface area contributed by atoms with Crippen LogP contribution in [0, 0.1) is 0 Å². The van der Waals surface area contributed by atoms with Gasteiger partial charge in [0.2, 0.25) is 0 Å². The van der Waals surface area contributed by atoms with Crippen molar-refractivity contribution >= 4 is 45.9 Å². The first-order valence-corrected chi connectivity index (χ1v) is 22.8. The highest BCUT2D eigenvalue weighted by Crippen LogP contribution is 2.55. The summed E-state index contributed by atoms with van der Waals surface area (Å²) < 4.78 is 7.20. The maximum Gasteiger partial charge on any atom is 0.188 e. The van der Waals surface area contributed by atoms with Gasteiger partial charge in [-0.2, -0.15) is 0 Å². The fourth-order valence-electron chi connectivity index (χ4n) is 9.92. The molecular weight excluding hydrogens is 743 g/mol. The van der Waals surface area contributed by atoms with Gasteiger partial charge in [-0.05, 0) is 102 Å². The SMILES string of the molecule is CC1(C)c2cc(N(c3ccc(-c4ccccc4)cc3)c3ccc(-c4ccccc4)cc3)ccc2-c2c1ccc1c2Oc2ccccc2[Si]1(c1ccccc1)c1ccccc1. The molecule has 3 heteroatoms. The number of nitrogens with zero attached hydrogens (tertiary/aromatic N) is 1. The standard InChI is InChI=1S/C57H43NOSi/c1-57(2)50-37-38-54-56(59-52-25-15-16-26-53(52)60(54,47-21-11-5-12-22-47)48-23-13-6-14-24-48)55(50)49-36-35-46(39-51(49)57)58(44-31-27-42(28-32-44)40-17-7-3-8-18-40)45-33-29-43(30-34-45)41-19-9-4-10-20-41/h3-39H,1-2H3. The number of benzene rings is 9. The summed E-state index contributed by atoms with van der Waals surface area (Å²) in [6.07, 6.45) is 0. The van der Waals surface area contributed by atoms with Crippen LogP contribution in [0.5, 0.6) is 11.5 Å². The van der Waals surface area contributed by atoms with E-state index in [9.17, 15) is 0 Å². The Balaban J connectivity index is 1.09. The highest BCUT2D eigenvalue weighted by atomic mass is 28.3. The van der Waals surface area contributed by atoms with Crippen molar-refractivity contribution in [3.05, 3.63) is 236 Å². The van der Waals surface area contributed by atoms with Crippen molar-refractivity contribution < 1.29 is 4.74 Å². The number of hydrogen-bond acceptors (Lipinski definition) is 2. The van der Waals surface area contributed by atoms with Gasteiger partial charge in [-0.1, -0.05) is 196 Å². The van der Waals surface area contributed by atoms with Crippen LogP contribution < -0.4 is 30.4 Å². The molecule has 0 spiro atoms. The van der Waals surface area contributed by atoms with Crippen molar-refractivity contribution in [1.29, 1.82) is 0 Å². The van der Waals surface area contributed by atoms with Gasteiger partial charge >= 0.3 is 0 Å². The van der Waals surface area contributed by atoms with Gasteiger partial charge in [0.1, 0.15) is 11.5 Å². The number of para-hydroxylation sites is 1. The van der Waals surface area contributed by atoms with Crippen molar-refractivity contribution in [3.8, 4) is 44.9 Å². The molecule has 286 valence electrons. The van der Waals surface area contributed by atoms with Crippen LogP contribution in [0.1, 0.15) is 25.0 Å². The molecule has 0 amide bonds. The van der Waals surface area contributed by atoms with Gasteiger partial charge in [0, 0.05) is 28.0 Å². The lowest BCUT2D eigenvalue weighted by molar-refractivity contribution is 0.488. The summed E-state index contributed by atoms with van der Waals surface area (Å²) >= 11 is 0. The minimum Gasteiger partial charge on any atom is -0.457 e. The Morgan fingerprint density at radius 3 is 1.42 bits per heavy atom. The monoisotopic (exact) mass is 785 g/mol. The van der Waals surface area contributed by atoms with E-state index in [1.165, 1.54) is 65.3 Å². The van der Waals surface area contributed by atoms with Crippen LogP contribution in [-0.2, 0) is 5.41 Å². The summed E-state index contributed by atoms with van der Waals surface area (Å²) in [5.41, 5.74) is 12.9. The molecule has 0 fully saturated rings. The molecule has 0 bridgehead atoms. The molecule has 9 aromatic rings. The van der Waals surface area contributed by atoms with E-state index in [0.717, 1.165) is 28.6 Å². The molecule has 0 radical (unpaired) electrons. The van der Waals surface area contributed by atoms with Crippen LogP contribution in [0.4, 0.5) is 17.1 Å². The molecule has 0 aromatic heterocycles. The van der Waals surface area contributed by atoms with Crippen molar-refractivity contribution in [3.63, 3.8) is 0 Å². The topological polar surface area (TPSA) is 12.5 Å². The van der Waals surface area contributed by atoms with E-state index in [1.54, 1.807) is 0 Å². The molecule has 9 aromatic carbocycles. The number of ether oxygens (including phenoxy) is 1. The Labute approximate surface area is 353 Å². The highest BCUT2D eigenvalue weighted by molar-refractivity contribution is 7.20. The minimum atomic E-state index is -2.80. The van der Waals surface area contributed by atoms with E-state index in [0.29, 0.717) is 0 Å². The van der Waals surface area contributed by atoms with E-state index >= 15 is 0 Å². The summed E-state index contributed by atoms with van der Waals surface area (Å²) in [6.45, 7) is 4.74. The first-order valence-electron chi connectivity index (χ1n) is 20.8. The van der Waals surface area contributed by atoms with E-state index in [-0.39, 0.29) is 5.41 Å². The predicted molar refractivity (Wildman–Crippen MR) is 253 cm³/mol. The summed E-state index contributed by atoms with van der Waals surface area (Å²) in [6, 6.07) is 82.1. The second-order valence-electron chi connectivity index (χ2n) is 16.5. The summed E-state index contributed by atoms with van der Waals surface area (Å²) in [5.74, 6) is 1.94. The van der Waals surface area contributed by atoms with Crippen molar-refractivity contribution in [2.45, 2.75) is 19.3 Å². The molecule has 2 nitrogen and oxygen atoms in total. The molecule has 0 saturated carbocycles. The smallest absolute Gasteiger partial charge is 0.188 e. The summed E-state index contributed by atoms with van der Waals surface area (Å²) in [5, 5.41) is 5.29. The zero-order chi connectivity index (χ0) is 40.3. The first kappa shape index (κ1) is 35.9.